The van der Waals surface area contributed by atoms with Crippen molar-refractivity contribution in [3.63, 3.8) is 0 Å². The zero-order chi connectivity index (χ0) is 22.1. The van der Waals surface area contributed by atoms with Gasteiger partial charge in [0.2, 0.25) is 5.95 Å². The number of hydrogen-bond donors (Lipinski definition) is 0. The van der Waals surface area contributed by atoms with Gasteiger partial charge in [-0.2, -0.15) is 0 Å². The van der Waals surface area contributed by atoms with Crippen LogP contribution in [0.1, 0.15) is 53.3 Å². The van der Waals surface area contributed by atoms with E-state index in [1.807, 2.05) is 19.2 Å². The summed E-state index contributed by atoms with van der Waals surface area (Å²) in [6.45, 7) is 4.85. The Bertz CT molecular complexity index is 1130. The van der Waals surface area contributed by atoms with Crippen LogP contribution in [0.25, 0.3) is 11.3 Å². The molecule has 1 aromatic carbocycles. The number of carbonyl (C=O) groups excluding carboxylic acids is 1. The molecule has 0 bridgehead atoms. The Morgan fingerprint density at radius 3 is 2.72 bits per heavy atom. The van der Waals surface area contributed by atoms with Gasteiger partial charge in [-0.15, -0.1) is 0 Å². The number of anilines is 1. The fourth-order valence-corrected chi connectivity index (χ4v) is 4.64. The molecule has 1 atom stereocenters. The van der Waals surface area contributed by atoms with Crippen LogP contribution in [0.15, 0.2) is 41.1 Å². The zero-order valence-electron chi connectivity index (χ0n) is 18.1. The van der Waals surface area contributed by atoms with E-state index in [0.717, 1.165) is 61.7 Å². The molecule has 0 N–H and O–H groups in total. The van der Waals surface area contributed by atoms with Gasteiger partial charge in [0.1, 0.15) is 5.82 Å². The number of hydrogen-bond acceptors (Lipinski definition) is 6. The first kappa shape index (κ1) is 20.6. The van der Waals surface area contributed by atoms with Crippen molar-refractivity contribution < 1.29 is 13.7 Å². The molecule has 2 aromatic heterocycles. The molecule has 0 aliphatic carbocycles. The third-order valence-electron chi connectivity index (χ3n) is 6.29. The molecule has 8 heteroatoms. The average Bonchev–Trinajstić information content (AvgIpc) is 3.51. The van der Waals surface area contributed by atoms with Crippen LogP contribution in [-0.2, 0) is 0 Å². The van der Waals surface area contributed by atoms with E-state index < -0.39 is 5.82 Å². The summed E-state index contributed by atoms with van der Waals surface area (Å²) in [5.74, 6) is 0.580. The Labute approximate surface area is 186 Å². The van der Waals surface area contributed by atoms with Gasteiger partial charge in [-0.25, -0.2) is 14.4 Å². The second-order valence-electron chi connectivity index (χ2n) is 8.57. The Morgan fingerprint density at radius 1 is 1.16 bits per heavy atom. The highest BCUT2D eigenvalue weighted by Gasteiger charge is 2.31. The molecular weight excluding hydrogens is 409 g/mol. The Morgan fingerprint density at radius 2 is 1.97 bits per heavy atom. The number of benzene rings is 1. The van der Waals surface area contributed by atoms with Gasteiger partial charge in [-0.1, -0.05) is 17.3 Å². The molecule has 1 amide bonds. The van der Waals surface area contributed by atoms with Gasteiger partial charge in [0.05, 0.1) is 22.5 Å². The van der Waals surface area contributed by atoms with E-state index >= 15 is 0 Å². The van der Waals surface area contributed by atoms with Crippen LogP contribution in [0.5, 0.6) is 0 Å². The predicted octanol–water partition coefficient (Wildman–Crippen LogP) is 4.20. The lowest BCUT2D eigenvalue weighted by Gasteiger charge is -2.33. The third-order valence-corrected chi connectivity index (χ3v) is 6.29. The summed E-state index contributed by atoms with van der Waals surface area (Å²) >= 11 is 0. The number of rotatable bonds is 4. The first-order chi connectivity index (χ1) is 15.6. The largest absolute Gasteiger partial charge is 0.356 e. The molecule has 0 radical (unpaired) electrons. The normalized spacial score (nSPS) is 18.9. The number of piperidine rings is 1. The van der Waals surface area contributed by atoms with Crippen LogP contribution in [0.4, 0.5) is 10.3 Å². The van der Waals surface area contributed by atoms with Gasteiger partial charge in [-0.3, -0.25) is 4.79 Å². The number of aryl methyl sites for hydroxylation is 1. The number of likely N-dealkylation sites (tertiary alicyclic amines) is 1. The van der Waals surface area contributed by atoms with Crippen LogP contribution in [0.3, 0.4) is 0 Å². The summed E-state index contributed by atoms with van der Waals surface area (Å²) in [5, 5.41) is 4.02. The lowest BCUT2D eigenvalue weighted by molar-refractivity contribution is 0.0701. The second-order valence-corrected chi connectivity index (χ2v) is 8.57. The summed E-state index contributed by atoms with van der Waals surface area (Å²) in [5.41, 5.74) is 2.57. The van der Waals surface area contributed by atoms with Crippen LogP contribution in [0.2, 0.25) is 0 Å². The molecule has 4 heterocycles. The Hall–Kier alpha value is -3.29. The zero-order valence-corrected chi connectivity index (χ0v) is 18.1. The van der Waals surface area contributed by atoms with Gasteiger partial charge >= 0.3 is 0 Å². The van der Waals surface area contributed by atoms with E-state index in [4.69, 9.17) is 9.51 Å². The van der Waals surface area contributed by atoms with Crippen LogP contribution >= 0.6 is 0 Å². The van der Waals surface area contributed by atoms with Crippen LogP contribution < -0.4 is 4.90 Å². The highest BCUT2D eigenvalue weighted by Crippen LogP contribution is 2.35. The number of aromatic nitrogens is 3. The smallest absolute Gasteiger partial charge is 0.256 e. The monoisotopic (exact) mass is 435 g/mol. The third kappa shape index (κ3) is 3.97. The molecule has 2 saturated heterocycles. The quantitative estimate of drug-likeness (QED) is 0.611. The number of carbonyl (C=O) groups is 1. The maximum atomic E-state index is 14.2. The minimum absolute atomic E-state index is 0.00392. The molecule has 3 aromatic rings. The molecule has 0 saturated carbocycles. The Kier molecular flexibility index (Phi) is 5.59. The molecule has 5 rings (SSSR count). The molecule has 2 aliphatic heterocycles. The maximum absolute atomic E-state index is 14.2. The fourth-order valence-electron chi connectivity index (χ4n) is 4.64. The van der Waals surface area contributed by atoms with Crippen molar-refractivity contribution in [1.82, 2.24) is 20.0 Å². The molecule has 1 unspecified atom stereocenters. The van der Waals surface area contributed by atoms with E-state index in [1.165, 1.54) is 6.07 Å². The first-order valence-corrected chi connectivity index (χ1v) is 11.2. The van der Waals surface area contributed by atoms with Crippen molar-refractivity contribution in [3.05, 3.63) is 59.3 Å². The summed E-state index contributed by atoms with van der Waals surface area (Å²) in [4.78, 5) is 26.6. The van der Waals surface area contributed by atoms with Gasteiger partial charge in [-0.05, 0) is 44.7 Å². The molecule has 2 aliphatic rings. The molecule has 7 nitrogen and oxygen atoms in total. The second kappa shape index (κ2) is 8.68. The highest BCUT2D eigenvalue weighted by molar-refractivity contribution is 5.94. The van der Waals surface area contributed by atoms with Gasteiger partial charge < -0.3 is 14.3 Å². The number of nitrogens with zero attached hydrogens (tertiary/aromatic N) is 5. The van der Waals surface area contributed by atoms with E-state index in [1.54, 1.807) is 23.1 Å². The minimum atomic E-state index is -0.490. The van der Waals surface area contributed by atoms with Crippen molar-refractivity contribution in [2.45, 2.75) is 38.5 Å². The molecule has 0 spiro atoms. The van der Waals surface area contributed by atoms with Gasteiger partial charge in [0.25, 0.3) is 5.91 Å². The van der Waals surface area contributed by atoms with Gasteiger partial charge in [0, 0.05) is 44.4 Å². The first-order valence-electron chi connectivity index (χ1n) is 11.2. The van der Waals surface area contributed by atoms with Gasteiger partial charge in [0.15, 0.2) is 5.76 Å². The summed E-state index contributed by atoms with van der Waals surface area (Å²) in [7, 11) is 0. The maximum Gasteiger partial charge on any atom is 0.256 e. The van der Waals surface area contributed by atoms with Crippen molar-refractivity contribution in [3.8, 4) is 11.3 Å². The van der Waals surface area contributed by atoms with Crippen molar-refractivity contribution in [2.24, 2.45) is 0 Å². The molecule has 2 fully saturated rings. The highest BCUT2D eigenvalue weighted by atomic mass is 19.1. The average molecular weight is 436 g/mol. The van der Waals surface area contributed by atoms with Crippen LogP contribution in [0, 0.1) is 12.7 Å². The van der Waals surface area contributed by atoms with E-state index in [0.29, 0.717) is 18.8 Å². The van der Waals surface area contributed by atoms with Crippen molar-refractivity contribution in [2.75, 3.05) is 31.1 Å². The number of amides is 1. The molecule has 32 heavy (non-hydrogen) atoms. The summed E-state index contributed by atoms with van der Waals surface area (Å²) in [6.07, 6.45) is 5.79. The Balaban J connectivity index is 1.48. The standard InChI is InChI=1S/C24H26FN5O2/c1-16-13-21(32-28-16)19-14-26-24(29-10-4-5-11-29)27-22(19)17-7-6-12-30(15-17)23(31)18-8-2-3-9-20(18)25/h2-3,8-9,13-14,17H,4-7,10-12,15H2,1H3. The predicted molar refractivity (Wildman–Crippen MR) is 118 cm³/mol. The van der Waals surface area contributed by atoms with E-state index in [-0.39, 0.29) is 17.4 Å². The molecule has 166 valence electrons. The van der Waals surface area contributed by atoms with Crippen molar-refractivity contribution >= 4 is 11.9 Å². The lowest BCUT2D eigenvalue weighted by Crippen LogP contribution is -2.40. The summed E-state index contributed by atoms with van der Waals surface area (Å²) < 4.78 is 19.8. The number of halogens is 1. The van der Waals surface area contributed by atoms with E-state index in [2.05, 4.69) is 15.0 Å². The summed E-state index contributed by atoms with van der Waals surface area (Å²) in [6, 6.07) is 8.03. The topological polar surface area (TPSA) is 75.4 Å². The fraction of sp³-hybridized carbons (Fsp3) is 0.417. The van der Waals surface area contributed by atoms with Crippen LogP contribution in [-0.4, -0.2) is 52.1 Å². The molecular formula is C24H26FN5O2. The minimum Gasteiger partial charge on any atom is -0.356 e. The SMILES string of the molecule is Cc1cc(-c2cnc(N3CCCC3)nc2C2CCCN(C(=O)c3ccccc3F)C2)on1. The van der Waals surface area contributed by atoms with Crippen molar-refractivity contribution in [1.29, 1.82) is 0 Å². The lowest BCUT2D eigenvalue weighted by atomic mass is 9.91. The van der Waals surface area contributed by atoms with E-state index in [9.17, 15) is 9.18 Å².